The van der Waals surface area contributed by atoms with Gasteiger partial charge in [-0.2, -0.15) is 0 Å². The molecule has 3 rings (SSSR count). The van der Waals surface area contributed by atoms with Gasteiger partial charge in [0, 0.05) is 13.1 Å². The number of imide groups is 1. The van der Waals surface area contributed by atoms with Gasteiger partial charge in [-0.3, -0.25) is 19.3 Å². The minimum atomic E-state index is -0.606. The SMILES string of the molecule is COC(=O)C1CCN(C(=O)CN2C(=O)N[C@H](CCc3ccccc3)C2=O)CC1. The third-order valence-corrected chi connectivity index (χ3v) is 5.35. The van der Waals surface area contributed by atoms with Crippen LogP contribution < -0.4 is 5.32 Å². The number of aryl methyl sites for hydroxylation is 1. The van der Waals surface area contributed by atoms with E-state index in [0.29, 0.717) is 38.8 Å². The van der Waals surface area contributed by atoms with Crippen molar-refractivity contribution in [2.45, 2.75) is 31.7 Å². The smallest absolute Gasteiger partial charge is 0.325 e. The molecule has 2 fully saturated rings. The number of hydrogen-bond donors (Lipinski definition) is 1. The Kier molecular flexibility index (Phi) is 6.28. The second-order valence-corrected chi connectivity index (χ2v) is 7.13. The second kappa shape index (κ2) is 8.86. The number of carbonyl (C=O) groups excluding carboxylic acids is 4. The molecule has 0 aromatic heterocycles. The van der Waals surface area contributed by atoms with E-state index in [1.54, 1.807) is 4.90 Å². The Morgan fingerprint density at radius 1 is 1.14 bits per heavy atom. The molecule has 0 aliphatic carbocycles. The lowest BCUT2D eigenvalue weighted by atomic mass is 9.97. The molecule has 0 radical (unpaired) electrons. The Balaban J connectivity index is 1.50. The average Bonchev–Trinajstić information content (AvgIpc) is 3.00. The predicted octanol–water partition coefficient (Wildman–Crippen LogP) is 0.951. The first-order valence-corrected chi connectivity index (χ1v) is 9.51. The summed E-state index contributed by atoms with van der Waals surface area (Å²) < 4.78 is 4.74. The normalized spacial score (nSPS) is 20.2. The fourth-order valence-corrected chi connectivity index (χ4v) is 3.64. The number of nitrogens with one attached hydrogen (secondary N) is 1. The van der Waals surface area contributed by atoms with E-state index < -0.39 is 12.1 Å². The van der Waals surface area contributed by atoms with Gasteiger partial charge in [0.05, 0.1) is 13.0 Å². The summed E-state index contributed by atoms with van der Waals surface area (Å²) in [6.45, 7) is 0.564. The molecule has 1 aromatic rings. The fourth-order valence-electron chi connectivity index (χ4n) is 3.64. The van der Waals surface area contributed by atoms with E-state index in [9.17, 15) is 19.2 Å². The molecule has 8 nitrogen and oxygen atoms in total. The van der Waals surface area contributed by atoms with Crippen LogP contribution in [0.4, 0.5) is 4.79 Å². The minimum absolute atomic E-state index is 0.201. The molecule has 2 aliphatic rings. The zero-order valence-corrected chi connectivity index (χ0v) is 15.9. The van der Waals surface area contributed by atoms with Crippen LogP contribution in [-0.4, -0.2) is 66.4 Å². The van der Waals surface area contributed by atoms with Crippen LogP contribution in [0.2, 0.25) is 0 Å². The van der Waals surface area contributed by atoms with Crippen molar-refractivity contribution in [3.8, 4) is 0 Å². The maximum Gasteiger partial charge on any atom is 0.325 e. The van der Waals surface area contributed by atoms with Gasteiger partial charge >= 0.3 is 12.0 Å². The summed E-state index contributed by atoms with van der Waals surface area (Å²) in [4.78, 5) is 51.4. The lowest BCUT2D eigenvalue weighted by molar-refractivity contribution is -0.149. The molecule has 0 bridgehead atoms. The summed E-state index contributed by atoms with van der Waals surface area (Å²) in [5, 5.41) is 2.67. The Labute approximate surface area is 163 Å². The number of methoxy groups -OCH3 is 1. The Morgan fingerprint density at radius 3 is 2.46 bits per heavy atom. The maximum absolute atomic E-state index is 12.5. The Hall–Kier alpha value is -2.90. The van der Waals surface area contributed by atoms with Crippen LogP contribution in [0, 0.1) is 5.92 Å². The lowest BCUT2D eigenvalue weighted by Gasteiger charge is -2.31. The predicted molar refractivity (Wildman–Crippen MR) is 100 cm³/mol. The van der Waals surface area contributed by atoms with Gasteiger partial charge in [0.25, 0.3) is 5.91 Å². The first-order chi connectivity index (χ1) is 13.5. The van der Waals surface area contributed by atoms with Gasteiger partial charge in [0.15, 0.2) is 0 Å². The molecule has 8 heteroatoms. The topological polar surface area (TPSA) is 96.0 Å². The van der Waals surface area contributed by atoms with Gasteiger partial charge in [-0.1, -0.05) is 30.3 Å². The van der Waals surface area contributed by atoms with Crippen molar-refractivity contribution in [3.63, 3.8) is 0 Å². The van der Waals surface area contributed by atoms with Crippen molar-refractivity contribution in [2.24, 2.45) is 5.92 Å². The van der Waals surface area contributed by atoms with Crippen molar-refractivity contribution in [1.82, 2.24) is 15.1 Å². The zero-order chi connectivity index (χ0) is 20.1. The van der Waals surface area contributed by atoms with Crippen molar-refractivity contribution in [1.29, 1.82) is 0 Å². The maximum atomic E-state index is 12.5. The number of rotatable bonds is 6. The Bertz CT molecular complexity index is 743. The summed E-state index contributed by atoms with van der Waals surface area (Å²) in [6.07, 6.45) is 2.21. The van der Waals surface area contributed by atoms with Gasteiger partial charge in [0.1, 0.15) is 12.6 Å². The molecule has 4 amide bonds. The fraction of sp³-hybridized carbons (Fsp3) is 0.500. The van der Waals surface area contributed by atoms with Crippen LogP contribution in [-0.2, 0) is 25.5 Å². The number of benzene rings is 1. The molecule has 0 unspecified atom stereocenters. The first-order valence-electron chi connectivity index (χ1n) is 9.51. The molecule has 1 atom stereocenters. The molecule has 2 heterocycles. The standard InChI is InChI=1S/C20H25N3O5/c1-28-19(26)15-9-11-22(12-10-15)17(24)13-23-18(25)16(21-20(23)27)8-7-14-5-3-2-4-6-14/h2-6,15-16H,7-13H2,1H3,(H,21,27)/t16-/m1/s1. The number of urea groups is 1. The molecule has 0 spiro atoms. The second-order valence-electron chi connectivity index (χ2n) is 7.13. The first kappa shape index (κ1) is 19.9. The number of hydrogen-bond acceptors (Lipinski definition) is 5. The number of ether oxygens (including phenoxy) is 1. The number of piperidine rings is 1. The molecule has 0 saturated carbocycles. The van der Waals surface area contributed by atoms with Gasteiger partial charge in [-0.05, 0) is 31.2 Å². The van der Waals surface area contributed by atoms with Crippen LogP contribution in [0.25, 0.3) is 0 Å². The molecule has 2 saturated heterocycles. The number of carbonyl (C=O) groups is 4. The Morgan fingerprint density at radius 2 is 1.82 bits per heavy atom. The summed E-state index contributed by atoms with van der Waals surface area (Å²) in [6, 6.07) is 8.60. The van der Waals surface area contributed by atoms with Gasteiger partial charge in [-0.15, -0.1) is 0 Å². The monoisotopic (exact) mass is 387 g/mol. The highest BCUT2D eigenvalue weighted by atomic mass is 16.5. The molecule has 1 aromatic carbocycles. The molecular weight excluding hydrogens is 362 g/mol. The van der Waals surface area contributed by atoms with Crippen LogP contribution in [0.5, 0.6) is 0 Å². The van der Waals surface area contributed by atoms with Crippen molar-refractivity contribution < 1.29 is 23.9 Å². The van der Waals surface area contributed by atoms with Crippen molar-refractivity contribution >= 4 is 23.8 Å². The molecule has 2 aliphatic heterocycles. The van der Waals surface area contributed by atoms with Crippen molar-refractivity contribution in [2.75, 3.05) is 26.7 Å². The quantitative estimate of drug-likeness (QED) is 0.579. The summed E-state index contributed by atoms with van der Waals surface area (Å²) in [7, 11) is 1.35. The van der Waals surface area contributed by atoms with E-state index in [4.69, 9.17) is 4.74 Å². The highest BCUT2D eigenvalue weighted by molar-refractivity contribution is 6.06. The van der Waals surface area contributed by atoms with Crippen molar-refractivity contribution in [3.05, 3.63) is 35.9 Å². The van der Waals surface area contributed by atoms with Crippen LogP contribution in [0.1, 0.15) is 24.8 Å². The van der Waals surface area contributed by atoms with Gasteiger partial charge in [-0.25, -0.2) is 4.79 Å². The van der Waals surface area contributed by atoms with Crippen LogP contribution in [0.15, 0.2) is 30.3 Å². The third kappa shape index (κ3) is 4.49. The van der Waals surface area contributed by atoms with E-state index in [1.165, 1.54) is 7.11 Å². The zero-order valence-electron chi connectivity index (χ0n) is 15.9. The molecule has 28 heavy (non-hydrogen) atoms. The number of nitrogens with zero attached hydrogens (tertiary/aromatic N) is 2. The number of likely N-dealkylation sites (tertiary alicyclic amines) is 1. The van der Waals surface area contributed by atoms with Gasteiger partial charge < -0.3 is 15.0 Å². The summed E-state index contributed by atoms with van der Waals surface area (Å²) in [5.74, 6) is -1.11. The number of amides is 4. The average molecular weight is 387 g/mol. The molecule has 1 N–H and O–H groups in total. The van der Waals surface area contributed by atoms with E-state index in [2.05, 4.69) is 5.32 Å². The van der Waals surface area contributed by atoms with E-state index in [-0.39, 0.29) is 30.2 Å². The van der Waals surface area contributed by atoms with E-state index in [1.807, 2.05) is 30.3 Å². The summed E-state index contributed by atoms with van der Waals surface area (Å²) in [5.41, 5.74) is 1.09. The highest BCUT2D eigenvalue weighted by Gasteiger charge is 2.39. The largest absolute Gasteiger partial charge is 0.469 e. The summed E-state index contributed by atoms with van der Waals surface area (Å²) >= 11 is 0. The number of esters is 1. The van der Waals surface area contributed by atoms with Crippen LogP contribution in [0.3, 0.4) is 0 Å². The third-order valence-electron chi connectivity index (χ3n) is 5.35. The minimum Gasteiger partial charge on any atom is -0.469 e. The van der Waals surface area contributed by atoms with Crippen LogP contribution >= 0.6 is 0 Å². The lowest BCUT2D eigenvalue weighted by Crippen LogP contribution is -2.46. The van der Waals surface area contributed by atoms with E-state index >= 15 is 0 Å². The molecule has 150 valence electrons. The van der Waals surface area contributed by atoms with Gasteiger partial charge in [0.2, 0.25) is 5.91 Å². The van der Waals surface area contributed by atoms with E-state index in [0.717, 1.165) is 10.5 Å². The highest BCUT2D eigenvalue weighted by Crippen LogP contribution is 2.19. The molecular formula is C20H25N3O5.